The second-order valence-electron chi connectivity index (χ2n) is 7.22. The summed E-state index contributed by atoms with van der Waals surface area (Å²) in [5.41, 5.74) is 2.05. The first kappa shape index (κ1) is 22.6. The number of nitriles is 1. The highest BCUT2D eigenvalue weighted by Crippen LogP contribution is 2.31. The van der Waals surface area contributed by atoms with Crippen LogP contribution in [0.25, 0.3) is 16.8 Å². The number of para-hydroxylation sites is 1. The van der Waals surface area contributed by atoms with Gasteiger partial charge in [0.05, 0.1) is 10.7 Å². The molecule has 1 N–H and O–H groups in total. The zero-order valence-corrected chi connectivity index (χ0v) is 19.7. The van der Waals surface area contributed by atoms with E-state index in [1.165, 1.54) is 0 Å². The number of nitrogens with zero attached hydrogens (tertiary/aromatic N) is 1. The molecule has 0 radical (unpaired) electrons. The van der Waals surface area contributed by atoms with E-state index in [9.17, 15) is 10.1 Å². The molecule has 0 unspecified atom stereocenters. The van der Waals surface area contributed by atoms with Gasteiger partial charge in [0, 0.05) is 10.0 Å². The number of carbonyl (C=O) groups is 1. The molecule has 0 fully saturated rings. The number of carbonyl (C=O) groups excluding carboxylic acids is 1. The van der Waals surface area contributed by atoms with Crippen LogP contribution in [0.1, 0.15) is 11.1 Å². The van der Waals surface area contributed by atoms with Crippen LogP contribution in [0.5, 0.6) is 5.75 Å². The summed E-state index contributed by atoms with van der Waals surface area (Å²) in [6.45, 7) is 0.347. The Morgan fingerprint density at radius 2 is 1.73 bits per heavy atom. The lowest BCUT2D eigenvalue weighted by Gasteiger charge is -2.13. The van der Waals surface area contributed by atoms with Gasteiger partial charge in [-0.05, 0) is 52.7 Å². The highest BCUT2D eigenvalue weighted by atomic mass is 79.9. The minimum Gasteiger partial charge on any atom is -0.488 e. The lowest BCUT2D eigenvalue weighted by Crippen LogP contribution is -2.13. The van der Waals surface area contributed by atoms with E-state index in [0.29, 0.717) is 28.6 Å². The normalized spacial score (nSPS) is 11.1. The molecule has 0 aliphatic rings. The Balaban J connectivity index is 1.70. The Labute approximate surface area is 205 Å². The van der Waals surface area contributed by atoms with E-state index in [2.05, 4.69) is 21.2 Å². The fraction of sp³-hybridized carbons (Fsp3) is 0.0370. The van der Waals surface area contributed by atoms with Gasteiger partial charge < -0.3 is 10.1 Å². The van der Waals surface area contributed by atoms with E-state index < -0.39 is 5.91 Å². The topological polar surface area (TPSA) is 62.1 Å². The van der Waals surface area contributed by atoms with Gasteiger partial charge in [-0.2, -0.15) is 5.26 Å². The first-order valence-electron chi connectivity index (χ1n) is 10.1. The summed E-state index contributed by atoms with van der Waals surface area (Å²) in [6.07, 6.45) is 1.56. The van der Waals surface area contributed by atoms with Crippen LogP contribution in [0.4, 0.5) is 5.69 Å². The van der Waals surface area contributed by atoms with Crippen molar-refractivity contribution in [2.24, 2.45) is 0 Å². The number of hydrogen-bond donors (Lipinski definition) is 1. The van der Waals surface area contributed by atoms with Crippen LogP contribution in [0.15, 0.2) is 95.0 Å². The van der Waals surface area contributed by atoms with Crippen molar-refractivity contribution in [2.45, 2.75) is 6.61 Å². The predicted octanol–water partition coefficient (Wildman–Crippen LogP) is 7.38. The molecule has 6 heteroatoms. The molecule has 162 valence electrons. The average Bonchev–Trinajstić information content (AvgIpc) is 2.84. The van der Waals surface area contributed by atoms with Crippen LogP contribution in [-0.4, -0.2) is 5.91 Å². The van der Waals surface area contributed by atoms with Crippen LogP contribution >= 0.6 is 27.5 Å². The van der Waals surface area contributed by atoms with E-state index >= 15 is 0 Å². The summed E-state index contributed by atoms with van der Waals surface area (Å²) in [4.78, 5) is 12.9. The number of nitrogens with one attached hydrogen (secondary N) is 1. The number of anilines is 1. The van der Waals surface area contributed by atoms with Crippen LogP contribution in [-0.2, 0) is 11.4 Å². The third-order valence-electron chi connectivity index (χ3n) is 5.01. The van der Waals surface area contributed by atoms with Crippen molar-refractivity contribution in [3.05, 3.63) is 111 Å². The molecule has 4 nitrogen and oxygen atoms in total. The summed E-state index contributed by atoms with van der Waals surface area (Å²) < 4.78 is 7.10. The maximum absolute atomic E-state index is 12.9. The number of amides is 1. The lowest BCUT2D eigenvalue weighted by molar-refractivity contribution is -0.112. The number of rotatable bonds is 6. The van der Waals surface area contributed by atoms with Gasteiger partial charge in [0.25, 0.3) is 5.91 Å². The standard InChI is InChI=1S/C27H18BrClN2O2/c28-21-12-9-18(10-13-21)17-33-26-14-11-19-5-1-2-6-22(19)23(26)15-20(16-30)27(32)31-25-8-4-3-7-24(25)29/h1-15H,17H2,(H,31,32)/b20-15+. The van der Waals surface area contributed by atoms with Crippen molar-refractivity contribution < 1.29 is 9.53 Å². The second kappa shape index (κ2) is 10.4. The van der Waals surface area contributed by atoms with Crippen LogP contribution in [0.3, 0.4) is 0 Å². The number of halogens is 2. The molecule has 4 rings (SSSR count). The van der Waals surface area contributed by atoms with Gasteiger partial charge in [0.2, 0.25) is 0 Å². The summed E-state index contributed by atoms with van der Waals surface area (Å²) in [7, 11) is 0. The average molecular weight is 518 g/mol. The second-order valence-corrected chi connectivity index (χ2v) is 8.54. The molecule has 0 saturated heterocycles. The fourth-order valence-corrected chi connectivity index (χ4v) is 3.78. The molecular formula is C27H18BrClN2O2. The quantitative estimate of drug-likeness (QED) is 0.214. The summed E-state index contributed by atoms with van der Waals surface area (Å²) in [5.74, 6) is 0.0345. The predicted molar refractivity (Wildman–Crippen MR) is 136 cm³/mol. The number of benzene rings is 4. The van der Waals surface area contributed by atoms with E-state index in [4.69, 9.17) is 16.3 Å². The minimum absolute atomic E-state index is 0.0558. The molecule has 33 heavy (non-hydrogen) atoms. The van der Waals surface area contributed by atoms with E-state index in [-0.39, 0.29) is 5.57 Å². The van der Waals surface area contributed by atoms with Crippen molar-refractivity contribution in [1.29, 1.82) is 5.26 Å². The highest BCUT2D eigenvalue weighted by molar-refractivity contribution is 9.10. The van der Waals surface area contributed by atoms with Crippen molar-refractivity contribution in [1.82, 2.24) is 0 Å². The van der Waals surface area contributed by atoms with Gasteiger partial charge in [-0.1, -0.05) is 82.1 Å². The minimum atomic E-state index is -0.544. The van der Waals surface area contributed by atoms with Crippen molar-refractivity contribution in [3.8, 4) is 11.8 Å². The molecule has 0 saturated carbocycles. The highest BCUT2D eigenvalue weighted by Gasteiger charge is 2.15. The number of fused-ring (bicyclic) bond motifs is 1. The summed E-state index contributed by atoms with van der Waals surface area (Å²) >= 11 is 9.58. The van der Waals surface area contributed by atoms with Crippen molar-refractivity contribution >= 4 is 56.0 Å². The summed E-state index contributed by atoms with van der Waals surface area (Å²) in [6, 6.07) is 28.3. The van der Waals surface area contributed by atoms with Gasteiger partial charge in [0.15, 0.2) is 0 Å². The monoisotopic (exact) mass is 516 g/mol. The molecule has 1 amide bonds. The zero-order valence-electron chi connectivity index (χ0n) is 17.4. The molecule has 0 bridgehead atoms. The maximum atomic E-state index is 12.9. The van der Waals surface area contributed by atoms with Crippen LogP contribution in [0, 0.1) is 11.3 Å². The van der Waals surface area contributed by atoms with Gasteiger partial charge in [-0.25, -0.2) is 0 Å². The third-order valence-corrected chi connectivity index (χ3v) is 5.87. The third kappa shape index (κ3) is 5.43. The van der Waals surface area contributed by atoms with Crippen molar-refractivity contribution in [2.75, 3.05) is 5.32 Å². The zero-order chi connectivity index (χ0) is 23.2. The molecule has 0 spiro atoms. The van der Waals surface area contributed by atoms with Crippen LogP contribution in [0.2, 0.25) is 5.02 Å². The molecule has 0 heterocycles. The van der Waals surface area contributed by atoms with Gasteiger partial charge in [0.1, 0.15) is 24.0 Å². The SMILES string of the molecule is N#C/C(=C\c1c(OCc2ccc(Br)cc2)ccc2ccccc12)C(=O)Nc1ccccc1Cl. The lowest BCUT2D eigenvalue weighted by atomic mass is 10.0. The Hall–Kier alpha value is -3.59. The van der Waals surface area contributed by atoms with Crippen LogP contribution < -0.4 is 10.1 Å². The Morgan fingerprint density at radius 1 is 1.00 bits per heavy atom. The molecular weight excluding hydrogens is 500 g/mol. The smallest absolute Gasteiger partial charge is 0.266 e. The van der Waals surface area contributed by atoms with E-state index in [1.54, 1.807) is 30.3 Å². The number of hydrogen-bond acceptors (Lipinski definition) is 3. The first-order valence-corrected chi connectivity index (χ1v) is 11.3. The fourth-order valence-electron chi connectivity index (χ4n) is 3.34. The van der Waals surface area contributed by atoms with Gasteiger partial charge in [-0.3, -0.25) is 4.79 Å². The first-order chi connectivity index (χ1) is 16.0. The summed E-state index contributed by atoms with van der Waals surface area (Å²) in [5, 5.41) is 14.7. The Kier molecular flexibility index (Phi) is 7.09. The Bertz CT molecular complexity index is 1390. The van der Waals surface area contributed by atoms with Crippen molar-refractivity contribution in [3.63, 3.8) is 0 Å². The molecule has 4 aromatic carbocycles. The van der Waals surface area contributed by atoms with Gasteiger partial charge in [-0.15, -0.1) is 0 Å². The number of ether oxygens (including phenoxy) is 1. The Morgan fingerprint density at radius 3 is 2.48 bits per heavy atom. The largest absolute Gasteiger partial charge is 0.488 e. The van der Waals surface area contributed by atoms with E-state index in [0.717, 1.165) is 20.8 Å². The maximum Gasteiger partial charge on any atom is 0.266 e. The molecule has 0 atom stereocenters. The molecule has 0 aliphatic carbocycles. The molecule has 0 aliphatic heterocycles. The van der Waals surface area contributed by atoms with E-state index in [1.807, 2.05) is 66.7 Å². The molecule has 0 aromatic heterocycles. The molecule has 4 aromatic rings. The van der Waals surface area contributed by atoms with Gasteiger partial charge >= 0.3 is 0 Å².